The van der Waals surface area contributed by atoms with Gasteiger partial charge in [0.1, 0.15) is 6.61 Å². The van der Waals surface area contributed by atoms with Crippen LogP contribution in [0.3, 0.4) is 0 Å². The van der Waals surface area contributed by atoms with E-state index in [-0.39, 0.29) is 42.5 Å². The van der Waals surface area contributed by atoms with Crippen molar-refractivity contribution in [2.45, 2.75) is 58.8 Å². The zero-order valence-electron chi connectivity index (χ0n) is 19.6. The van der Waals surface area contributed by atoms with Crippen LogP contribution in [0, 0.1) is 5.41 Å². The smallest absolute Gasteiger partial charge is 0.410 e. The molecular weight excluding hydrogens is 440 g/mol. The Balaban J connectivity index is 0.00000385. The molecule has 1 aromatic heterocycles. The van der Waals surface area contributed by atoms with Gasteiger partial charge in [-0.2, -0.15) is 0 Å². The summed E-state index contributed by atoms with van der Waals surface area (Å²) in [5, 5.41) is 0. The molecule has 8 heteroatoms. The van der Waals surface area contributed by atoms with E-state index in [0.29, 0.717) is 32.5 Å². The Morgan fingerprint density at radius 3 is 2.33 bits per heavy atom. The van der Waals surface area contributed by atoms with Gasteiger partial charge in [0.2, 0.25) is 5.91 Å². The van der Waals surface area contributed by atoms with Crippen molar-refractivity contribution in [1.29, 1.82) is 0 Å². The molecule has 0 radical (unpaired) electrons. The van der Waals surface area contributed by atoms with Gasteiger partial charge >= 0.3 is 6.09 Å². The maximum Gasteiger partial charge on any atom is 0.410 e. The van der Waals surface area contributed by atoms with Crippen LogP contribution in [0.15, 0.2) is 54.7 Å². The highest BCUT2D eigenvalue weighted by atomic mass is 35.5. The van der Waals surface area contributed by atoms with Gasteiger partial charge in [-0.15, -0.1) is 12.4 Å². The first-order valence-electron chi connectivity index (χ1n) is 11.2. The lowest BCUT2D eigenvalue weighted by atomic mass is 9.86. The molecule has 1 atom stereocenters. The van der Waals surface area contributed by atoms with E-state index < -0.39 is 6.04 Å². The lowest BCUT2D eigenvalue weighted by molar-refractivity contribution is -0.136. The summed E-state index contributed by atoms with van der Waals surface area (Å²) in [5.74, 6) is -0.0288. The van der Waals surface area contributed by atoms with Gasteiger partial charge < -0.3 is 15.4 Å². The second kappa shape index (κ2) is 12.0. The summed E-state index contributed by atoms with van der Waals surface area (Å²) in [6.07, 6.45) is 2.71. The topological polar surface area (TPSA) is 88.8 Å². The highest BCUT2D eigenvalue weighted by Crippen LogP contribution is 2.24. The average Bonchev–Trinajstić information content (AvgIpc) is 2.81. The molecule has 2 amide bonds. The fourth-order valence-electron chi connectivity index (χ4n) is 3.78. The minimum Gasteiger partial charge on any atom is -0.445 e. The number of ether oxygens (including phenoxy) is 1. The second-order valence-electron chi connectivity index (χ2n) is 9.39. The molecule has 0 bridgehead atoms. The van der Waals surface area contributed by atoms with E-state index in [1.54, 1.807) is 11.1 Å². The van der Waals surface area contributed by atoms with Crippen molar-refractivity contribution in [1.82, 2.24) is 14.8 Å². The van der Waals surface area contributed by atoms with E-state index in [0.717, 1.165) is 11.3 Å². The van der Waals surface area contributed by atoms with Crippen LogP contribution in [0.1, 0.15) is 44.9 Å². The Morgan fingerprint density at radius 1 is 1.12 bits per heavy atom. The molecule has 0 unspecified atom stereocenters. The molecule has 2 aromatic rings. The van der Waals surface area contributed by atoms with E-state index in [1.807, 2.05) is 74.2 Å². The predicted octanol–water partition coefficient (Wildman–Crippen LogP) is 4.01. The Kier molecular flexibility index (Phi) is 9.68. The van der Waals surface area contributed by atoms with Crippen LogP contribution in [-0.4, -0.2) is 52.0 Å². The number of aromatic nitrogens is 1. The van der Waals surface area contributed by atoms with Crippen LogP contribution >= 0.6 is 12.4 Å². The van der Waals surface area contributed by atoms with E-state index in [1.165, 1.54) is 0 Å². The molecule has 1 aromatic carbocycles. The summed E-state index contributed by atoms with van der Waals surface area (Å²) < 4.78 is 5.63. The molecule has 3 rings (SSSR count). The number of piperidine rings is 1. The summed E-state index contributed by atoms with van der Waals surface area (Å²) in [5.41, 5.74) is 7.63. The van der Waals surface area contributed by atoms with Gasteiger partial charge in [-0.3, -0.25) is 14.7 Å². The highest BCUT2D eigenvalue weighted by molar-refractivity contribution is 5.85. The maximum absolute atomic E-state index is 13.1. The Labute approximate surface area is 202 Å². The lowest BCUT2D eigenvalue weighted by Crippen LogP contribution is -2.54. The van der Waals surface area contributed by atoms with Crippen LogP contribution < -0.4 is 5.73 Å². The van der Waals surface area contributed by atoms with Gasteiger partial charge in [0.05, 0.1) is 18.3 Å². The maximum atomic E-state index is 13.1. The van der Waals surface area contributed by atoms with Crippen molar-refractivity contribution in [3.05, 3.63) is 66.0 Å². The third-order valence-corrected chi connectivity index (χ3v) is 5.91. The number of nitrogens with two attached hydrogens (primary N) is 1. The zero-order chi connectivity index (χ0) is 23.1. The quantitative estimate of drug-likeness (QED) is 0.683. The van der Waals surface area contributed by atoms with Crippen molar-refractivity contribution in [3.63, 3.8) is 0 Å². The van der Waals surface area contributed by atoms with E-state index in [4.69, 9.17) is 10.5 Å². The molecule has 33 heavy (non-hydrogen) atoms. The molecule has 2 N–H and O–H groups in total. The van der Waals surface area contributed by atoms with Gasteiger partial charge in [0.15, 0.2) is 0 Å². The van der Waals surface area contributed by atoms with Crippen LogP contribution in [0.2, 0.25) is 0 Å². The normalized spacial score (nSPS) is 15.3. The van der Waals surface area contributed by atoms with E-state index in [2.05, 4.69) is 4.98 Å². The summed E-state index contributed by atoms with van der Waals surface area (Å²) in [6.45, 7) is 7.64. The molecule has 180 valence electrons. The fraction of sp³-hybridized carbons (Fsp3) is 0.480. The first-order chi connectivity index (χ1) is 15.3. The molecule has 1 aliphatic rings. The number of benzene rings is 1. The lowest BCUT2D eigenvalue weighted by Gasteiger charge is -2.40. The van der Waals surface area contributed by atoms with Crippen molar-refractivity contribution < 1.29 is 14.3 Å². The predicted molar refractivity (Wildman–Crippen MR) is 131 cm³/mol. The third-order valence-electron chi connectivity index (χ3n) is 5.91. The van der Waals surface area contributed by atoms with Crippen LogP contribution in [0.25, 0.3) is 0 Å². The standard InChI is InChI=1S/C25H34N4O3.ClH/c1-25(2,3)22(26)23(30)28-15-12-21(13-16-28)29(17-20-11-7-8-14-27-20)24(31)32-18-19-9-5-4-6-10-19;/h4-11,14,21-22H,12-13,15-18,26H2,1-3H3;1H/t22-;/m1./s1. The summed E-state index contributed by atoms with van der Waals surface area (Å²) in [4.78, 5) is 33.8. The average molecular weight is 475 g/mol. The molecular formula is C25H35ClN4O3. The number of pyridine rings is 1. The fourth-order valence-corrected chi connectivity index (χ4v) is 3.78. The Morgan fingerprint density at radius 2 is 1.76 bits per heavy atom. The second-order valence-corrected chi connectivity index (χ2v) is 9.39. The molecule has 0 saturated carbocycles. The number of amides is 2. The Bertz CT molecular complexity index is 882. The van der Waals surface area contributed by atoms with Gasteiger partial charge in [0.25, 0.3) is 0 Å². The molecule has 2 heterocycles. The number of nitrogens with zero attached hydrogens (tertiary/aromatic N) is 3. The van der Waals surface area contributed by atoms with Crippen LogP contribution in [-0.2, 0) is 22.7 Å². The number of hydrogen-bond donors (Lipinski definition) is 1. The summed E-state index contributed by atoms with van der Waals surface area (Å²) >= 11 is 0. The van der Waals surface area contributed by atoms with E-state index in [9.17, 15) is 9.59 Å². The number of hydrogen-bond acceptors (Lipinski definition) is 5. The number of rotatable bonds is 6. The van der Waals surface area contributed by atoms with Gasteiger partial charge in [-0.25, -0.2) is 4.79 Å². The first-order valence-corrected chi connectivity index (χ1v) is 11.2. The summed E-state index contributed by atoms with van der Waals surface area (Å²) in [7, 11) is 0. The minimum absolute atomic E-state index is 0. The largest absolute Gasteiger partial charge is 0.445 e. The monoisotopic (exact) mass is 474 g/mol. The zero-order valence-corrected chi connectivity index (χ0v) is 20.5. The molecule has 1 saturated heterocycles. The van der Waals surface area contributed by atoms with Gasteiger partial charge in [-0.05, 0) is 36.0 Å². The SMILES string of the molecule is CC(C)(C)[C@H](N)C(=O)N1CCC(N(Cc2ccccn2)C(=O)OCc2ccccc2)CC1.Cl. The van der Waals surface area contributed by atoms with E-state index >= 15 is 0 Å². The van der Waals surface area contributed by atoms with Crippen molar-refractivity contribution >= 4 is 24.4 Å². The van der Waals surface area contributed by atoms with Crippen LogP contribution in [0.4, 0.5) is 4.79 Å². The molecule has 1 aliphatic heterocycles. The minimum atomic E-state index is -0.542. The molecule has 0 spiro atoms. The van der Waals surface area contributed by atoms with Crippen molar-refractivity contribution in [3.8, 4) is 0 Å². The molecule has 7 nitrogen and oxygen atoms in total. The van der Waals surface area contributed by atoms with Gasteiger partial charge in [-0.1, -0.05) is 57.2 Å². The number of carbonyl (C=O) groups excluding carboxylic acids is 2. The molecule has 0 aliphatic carbocycles. The first kappa shape index (κ1) is 26.6. The van der Waals surface area contributed by atoms with Crippen LogP contribution in [0.5, 0.6) is 0 Å². The number of likely N-dealkylation sites (tertiary alicyclic amines) is 1. The molecule has 1 fully saturated rings. The van der Waals surface area contributed by atoms with Crippen molar-refractivity contribution in [2.75, 3.05) is 13.1 Å². The third kappa shape index (κ3) is 7.44. The van der Waals surface area contributed by atoms with Gasteiger partial charge in [0, 0.05) is 25.3 Å². The number of carbonyl (C=O) groups is 2. The highest BCUT2D eigenvalue weighted by Gasteiger charge is 2.35. The number of halogens is 1. The summed E-state index contributed by atoms with van der Waals surface area (Å²) in [6, 6.07) is 14.7. The Hall–Kier alpha value is -2.64. The van der Waals surface area contributed by atoms with Crippen molar-refractivity contribution in [2.24, 2.45) is 11.1 Å².